The molecule has 0 unspecified atom stereocenters. The van der Waals surface area contributed by atoms with Crippen LogP contribution >= 0.6 is 0 Å². The summed E-state index contributed by atoms with van der Waals surface area (Å²) in [6.45, 7) is 4.27. The molecule has 0 aliphatic carbocycles. The van der Waals surface area contributed by atoms with E-state index < -0.39 is 45.0 Å². The Labute approximate surface area is 121 Å². The van der Waals surface area contributed by atoms with Gasteiger partial charge in [0.25, 0.3) is 16.4 Å². The van der Waals surface area contributed by atoms with Gasteiger partial charge < -0.3 is 5.11 Å². The number of carboxylic acids is 1. The Morgan fingerprint density at radius 3 is 2.29 bits per heavy atom. The minimum Gasteiger partial charge on any atom is -0.480 e. The lowest BCUT2D eigenvalue weighted by Gasteiger charge is -2.18. The second-order valence-electron chi connectivity index (χ2n) is 4.91. The van der Waals surface area contributed by atoms with Gasteiger partial charge in [-0.1, -0.05) is 13.8 Å². The average molecular weight is 325 g/mol. The summed E-state index contributed by atoms with van der Waals surface area (Å²) in [5.74, 6) is -1.94. The summed E-state index contributed by atoms with van der Waals surface area (Å²) in [6, 6.07) is -1.42. The van der Waals surface area contributed by atoms with E-state index in [-0.39, 0.29) is 5.69 Å². The number of aromatic nitrogens is 2. The predicted molar refractivity (Wildman–Crippen MR) is 69.5 cm³/mol. The monoisotopic (exact) mass is 325 g/mol. The van der Waals surface area contributed by atoms with Crippen molar-refractivity contribution in [1.29, 1.82) is 0 Å². The number of hydrogen-bond donors (Lipinski definition) is 2. The summed E-state index contributed by atoms with van der Waals surface area (Å²) in [5.41, 5.74) is -0.845. The van der Waals surface area contributed by atoms with Crippen molar-refractivity contribution in [3.05, 3.63) is 11.3 Å². The number of nitrogens with one attached hydrogen (secondary N) is 1. The molecule has 2 N–H and O–H groups in total. The Kier molecular flexibility index (Phi) is 5.05. The fraction of sp³-hybridized carbons (Fsp3) is 0.636. The third kappa shape index (κ3) is 3.56. The molecule has 1 rings (SSSR count). The summed E-state index contributed by atoms with van der Waals surface area (Å²) in [6.07, 6.45) is -3.03. The van der Waals surface area contributed by atoms with Gasteiger partial charge >= 0.3 is 5.97 Å². The Balaban J connectivity index is 3.35. The average Bonchev–Trinajstić information content (AvgIpc) is 2.61. The molecule has 0 spiro atoms. The number of sulfonamides is 1. The van der Waals surface area contributed by atoms with Crippen LogP contribution in [0.1, 0.15) is 31.5 Å². The number of rotatable bonds is 6. The van der Waals surface area contributed by atoms with Crippen molar-refractivity contribution in [2.24, 2.45) is 13.0 Å². The number of aliphatic carboxylic acids is 1. The predicted octanol–water partition coefficient (Wildman–Crippen LogP) is 1.05. The standard InChI is InChI=1S/C11H17F2N3O4S/c1-5(2)8(11(17)18)15-21(19,20)10-7(9(12)13)6(3)14-16(10)4/h5,8-9,15H,1-4H3,(H,17,18)/t8-/m1/s1. The van der Waals surface area contributed by atoms with Crippen molar-refractivity contribution >= 4 is 16.0 Å². The molecule has 21 heavy (non-hydrogen) atoms. The summed E-state index contributed by atoms with van der Waals surface area (Å²) in [4.78, 5) is 11.1. The molecule has 1 heterocycles. The van der Waals surface area contributed by atoms with Crippen LogP contribution in [0.15, 0.2) is 5.03 Å². The van der Waals surface area contributed by atoms with E-state index in [1.165, 1.54) is 27.8 Å². The summed E-state index contributed by atoms with van der Waals surface area (Å²) >= 11 is 0. The highest BCUT2D eigenvalue weighted by molar-refractivity contribution is 7.89. The van der Waals surface area contributed by atoms with Crippen molar-refractivity contribution in [1.82, 2.24) is 14.5 Å². The lowest BCUT2D eigenvalue weighted by atomic mass is 10.1. The zero-order valence-electron chi connectivity index (χ0n) is 12.0. The van der Waals surface area contributed by atoms with E-state index in [0.717, 1.165) is 4.68 Å². The quantitative estimate of drug-likeness (QED) is 0.814. The molecule has 0 amide bonds. The van der Waals surface area contributed by atoms with Crippen molar-refractivity contribution < 1.29 is 27.1 Å². The van der Waals surface area contributed by atoms with Gasteiger partial charge in [-0.3, -0.25) is 9.48 Å². The van der Waals surface area contributed by atoms with Crippen molar-refractivity contribution in [2.75, 3.05) is 0 Å². The Hall–Kier alpha value is -1.55. The molecule has 0 aliphatic heterocycles. The molecule has 1 atom stereocenters. The van der Waals surface area contributed by atoms with Gasteiger partial charge in [-0.05, 0) is 12.8 Å². The van der Waals surface area contributed by atoms with Crippen LogP contribution in [0.5, 0.6) is 0 Å². The molecule has 0 saturated carbocycles. The van der Waals surface area contributed by atoms with Gasteiger partial charge in [-0.25, -0.2) is 17.2 Å². The van der Waals surface area contributed by atoms with E-state index >= 15 is 0 Å². The molecule has 0 aliphatic rings. The molecule has 1 aromatic rings. The van der Waals surface area contributed by atoms with Gasteiger partial charge in [0.15, 0.2) is 5.03 Å². The zero-order valence-corrected chi connectivity index (χ0v) is 12.8. The van der Waals surface area contributed by atoms with E-state index in [1.54, 1.807) is 0 Å². The molecule has 0 fully saturated rings. The minimum atomic E-state index is -4.45. The highest BCUT2D eigenvalue weighted by Gasteiger charge is 2.34. The Morgan fingerprint density at radius 1 is 1.38 bits per heavy atom. The summed E-state index contributed by atoms with van der Waals surface area (Å²) < 4.78 is 53.3. The molecule has 10 heteroatoms. The summed E-state index contributed by atoms with van der Waals surface area (Å²) in [5, 5.41) is 12.0. The molecule has 7 nitrogen and oxygen atoms in total. The fourth-order valence-corrected chi connectivity index (χ4v) is 3.65. The molecule has 1 aromatic heterocycles. The first-order valence-corrected chi connectivity index (χ1v) is 7.54. The summed E-state index contributed by atoms with van der Waals surface area (Å²) in [7, 11) is -3.24. The molecule has 0 radical (unpaired) electrons. The van der Waals surface area contributed by atoms with Gasteiger partial charge in [-0.2, -0.15) is 9.82 Å². The van der Waals surface area contributed by atoms with Crippen LogP contribution in [-0.2, 0) is 21.9 Å². The number of carbonyl (C=O) groups is 1. The number of hydrogen-bond acceptors (Lipinski definition) is 4. The fourth-order valence-electron chi connectivity index (χ4n) is 1.92. The van der Waals surface area contributed by atoms with E-state index in [2.05, 4.69) is 5.10 Å². The maximum absolute atomic E-state index is 13.0. The van der Waals surface area contributed by atoms with Crippen LogP contribution in [0.3, 0.4) is 0 Å². The van der Waals surface area contributed by atoms with Crippen LogP contribution in [0, 0.1) is 12.8 Å². The maximum Gasteiger partial charge on any atom is 0.322 e. The van der Waals surface area contributed by atoms with Crippen LogP contribution in [-0.4, -0.2) is 35.3 Å². The molecular weight excluding hydrogens is 308 g/mol. The van der Waals surface area contributed by atoms with Gasteiger partial charge in [0.1, 0.15) is 6.04 Å². The van der Waals surface area contributed by atoms with Gasteiger partial charge in [0.2, 0.25) is 0 Å². The minimum absolute atomic E-state index is 0.121. The first kappa shape index (κ1) is 17.5. The number of alkyl halides is 2. The molecule has 0 saturated heterocycles. The molecule has 120 valence electrons. The third-order valence-electron chi connectivity index (χ3n) is 2.90. The normalized spacial score (nSPS) is 13.9. The lowest BCUT2D eigenvalue weighted by Crippen LogP contribution is -2.44. The van der Waals surface area contributed by atoms with Gasteiger partial charge in [0, 0.05) is 7.05 Å². The van der Waals surface area contributed by atoms with Crippen LogP contribution in [0.4, 0.5) is 8.78 Å². The second-order valence-corrected chi connectivity index (χ2v) is 6.54. The Bertz CT molecular complexity index is 640. The van der Waals surface area contributed by atoms with Crippen LogP contribution in [0.25, 0.3) is 0 Å². The number of halogens is 2. The van der Waals surface area contributed by atoms with Crippen LogP contribution in [0.2, 0.25) is 0 Å². The smallest absolute Gasteiger partial charge is 0.322 e. The van der Waals surface area contributed by atoms with Gasteiger partial charge in [0.05, 0.1) is 11.3 Å². The van der Waals surface area contributed by atoms with Crippen molar-refractivity contribution in [3.8, 4) is 0 Å². The van der Waals surface area contributed by atoms with Gasteiger partial charge in [-0.15, -0.1) is 0 Å². The Morgan fingerprint density at radius 2 is 1.90 bits per heavy atom. The molecular formula is C11H17F2N3O4S. The largest absolute Gasteiger partial charge is 0.480 e. The highest BCUT2D eigenvalue weighted by atomic mass is 32.2. The number of nitrogens with zero attached hydrogens (tertiary/aromatic N) is 2. The zero-order chi connectivity index (χ0) is 16.5. The first-order valence-electron chi connectivity index (χ1n) is 6.05. The van der Waals surface area contributed by atoms with Crippen molar-refractivity contribution in [3.63, 3.8) is 0 Å². The van der Waals surface area contributed by atoms with Crippen LogP contribution < -0.4 is 4.72 Å². The molecule has 0 bridgehead atoms. The van der Waals surface area contributed by atoms with E-state index in [0.29, 0.717) is 0 Å². The SMILES string of the molecule is Cc1nn(C)c(S(=O)(=O)N[C@@H](C(=O)O)C(C)C)c1C(F)F. The second kappa shape index (κ2) is 6.06. The third-order valence-corrected chi connectivity index (χ3v) is 4.46. The maximum atomic E-state index is 13.0. The number of carboxylic acid groups (broad SMARTS) is 1. The van der Waals surface area contributed by atoms with Crippen molar-refractivity contribution in [2.45, 2.75) is 38.3 Å². The first-order chi connectivity index (χ1) is 9.49. The molecule has 0 aromatic carbocycles. The lowest BCUT2D eigenvalue weighted by molar-refractivity contribution is -0.140. The van der Waals surface area contributed by atoms with E-state index in [9.17, 15) is 22.0 Å². The van der Waals surface area contributed by atoms with E-state index in [4.69, 9.17) is 5.11 Å². The topological polar surface area (TPSA) is 101 Å². The number of aryl methyl sites for hydroxylation is 2. The van der Waals surface area contributed by atoms with E-state index in [1.807, 2.05) is 4.72 Å². The highest BCUT2D eigenvalue weighted by Crippen LogP contribution is 2.29.